The zero-order valence-electron chi connectivity index (χ0n) is 14.5. The molecule has 2 aromatic carbocycles. The Hall–Kier alpha value is -2.18. The van der Waals surface area contributed by atoms with E-state index in [9.17, 15) is 13.2 Å². The number of hydrogen-bond acceptors (Lipinski definition) is 3. The predicted octanol–water partition coefficient (Wildman–Crippen LogP) is 2.76. The quantitative estimate of drug-likeness (QED) is 0.880. The van der Waals surface area contributed by atoms with Crippen LogP contribution in [-0.4, -0.2) is 38.4 Å². The van der Waals surface area contributed by atoms with Crippen LogP contribution in [0.4, 0.5) is 0 Å². The van der Waals surface area contributed by atoms with Crippen LogP contribution in [0.3, 0.4) is 0 Å². The Morgan fingerprint density at radius 2 is 1.73 bits per heavy atom. The third-order valence-corrected chi connectivity index (χ3v) is 6.60. The zero-order valence-corrected chi connectivity index (χ0v) is 15.3. The van der Waals surface area contributed by atoms with Crippen molar-refractivity contribution >= 4 is 15.9 Å². The number of amides is 1. The van der Waals surface area contributed by atoms with E-state index in [0.29, 0.717) is 5.56 Å². The molecule has 136 valence electrons. The molecule has 1 aliphatic carbocycles. The lowest BCUT2D eigenvalue weighted by molar-refractivity contribution is 0.0792. The van der Waals surface area contributed by atoms with E-state index in [1.807, 2.05) is 30.3 Å². The molecule has 26 heavy (non-hydrogen) atoms. The standard InChI is InChI=1S/C20H22N2O3S/c23-20(22-11-4-5-12-22)16-9-6-10-17(13-16)26(24,25)21-19-14-18(19)15-7-2-1-3-8-15/h1-3,6-10,13,18-19,21H,4-5,11-12,14H2/t18-,19+/m0/s1. The Bertz CT molecular complexity index is 906. The van der Waals surface area contributed by atoms with Crippen molar-refractivity contribution in [1.82, 2.24) is 9.62 Å². The van der Waals surface area contributed by atoms with E-state index in [0.717, 1.165) is 37.9 Å². The molecule has 1 heterocycles. The number of rotatable bonds is 5. The Kier molecular flexibility index (Phi) is 4.54. The average Bonchev–Trinajstić information content (AvgIpc) is 3.19. The fraction of sp³-hybridized carbons (Fsp3) is 0.350. The largest absolute Gasteiger partial charge is 0.339 e. The summed E-state index contributed by atoms with van der Waals surface area (Å²) in [6.45, 7) is 1.49. The van der Waals surface area contributed by atoms with Crippen LogP contribution in [-0.2, 0) is 10.0 Å². The summed E-state index contributed by atoms with van der Waals surface area (Å²) in [5.41, 5.74) is 1.59. The summed E-state index contributed by atoms with van der Waals surface area (Å²) in [7, 11) is -3.64. The summed E-state index contributed by atoms with van der Waals surface area (Å²) >= 11 is 0. The summed E-state index contributed by atoms with van der Waals surface area (Å²) in [6, 6.07) is 16.2. The molecule has 6 heteroatoms. The van der Waals surface area contributed by atoms with Gasteiger partial charge in [0.15, 0.2) is 0 Å². The smallest absolute Gasteiger partial charge is 0.253 e. The van der Waals surface area contributed by atoms with E-state index >= 15 is 0 Å². The van der Waals surface area contributed by atoms with Gasteiger partial charge in [-0.2, -0.15) is 0 Å². The van der Waals surface area contributed by atoms with Gasteiger partial charge in [0.05, 0.1) is 4.90 Å². The Labute approximate surface area is 154 Å². The minimum atomic E-state index is -3.64. The number of hydrogen-bond donors (Lipinski definition) is 1. The van der Waals surface area contributed by atoms with Gasteiger partial charge in [0.2, 0.25) is 10.0 Å². The van der Waals surface area contributed by atoms with Crippen molar-refractivity contribution in [2.45, 2.75) is 36.1 Å². The molecule has 0 unspecified atom stereocenters. The maximum atomic E-state index is 12.7. The predicted molar refractivity (Wildman–Crippen MR) is 99.5 cm³/mol. The highest BCUT2D eigenvalue weighted by atomic mass is 32.2. The van der Waals surface area contributed by atoms with Crippen LogP contribution in [0, 0.1) is 0 Å². The number of carbonyl (C=O) groups excluding carboxylic acids is 1. The van der Waals surface area contributed by atoms with E-state index in [2.05, 4.69) is 4.72 Å². The van der Waals surface area contributed by atoms with Crippen molar-refractivity contribution in [3.8, 4) is 0 Å². The van der Waals surface area contributed by atoms with Gasteiger partial charge in [0.1, 0.15) is 0 Å². The molecule has 0 bridgehead atoms. The van der Waals surface area contributed by atoms with Gasteiger partial charge >= 0.3 is 0 Å². The molecule has 2 aliphatic rings. The van der Waals surface area contributed by atoms with E-state index in [1.165, 1.54) is 6.07 Å². The van der Waals surface area contributed by atoms with Crippen LogP contribution < -0.4 is 4.72 Å². The molecule has 1 saturated heterocycles. The van der Waals surface area contributed by atoms with Crippen LogP contribution in [0.5, 0.6) is 0 Å². The van der Waals surface area contributed by atoms with Crippen molar-refractivity contribution in [2.24, 2.45) is 0 Å². The summed E-state index contributed by atoms with van der Waals surface area (Å²) in [4.78, 5) is 14.4. The second kappa shape index (κ2) is 6.85. The molecule has 0 aromatic heterocycles. The highest BCUT2D eigenvalue weighted by Gasteiger charge is 2.41. The number of nitrogens with zero attached hydrogens (tertiary/aromatic N) is 1. The van der Waals surface area contributed by atoms with Gasteiger partial charge in [0.25, 0.3) is 5.91 Å². The molecule has 1 amide bonds. The van der Waals surface area contributed by atoms with Gasteiger partial charge in [-0.15, -0.1) is 0 Å². The van der Waals surface area contributed by atoms with Crippen molar-refractivity contribution in [3.63, 3.8) is 0 Å². The molecule has 4 rings (SSSR count). The zero-order chi connectivity index (χ0) is 18.1. The second-order valence-electron chi connectivity index (χ2n) is 7.01. The van der Waals surface area contributed by atoms with E-state index in [-0.39, 0.29) is 22.8 Å². The van der Waals surface area contributed by atoms with Crippen molar-refractivity contribution in [2.75, 3.05) is 13.1 Å². The lowest BCUT2D eigenvalue weighted by Gasteiger charge is -2.15. The maximum absolute atomic E-state index is 12.7. The number of nitrogens with one attached hydrogen (secondary N) is 1. The number of benzene rings is 2. The van der Waals surface area contributed by atoms with Crippen molar-refractivity contribution in [3.05, 3.63) is 65.7 Å². The third-order valence-electron chi connectivity index (χ3n) is 5.11. The molecular formula is C20H22N2O3S. The first-order valence-electron chi connectivity index (χ1n) is 9.01. The first kappa shape index (κ1) is 17.2. The fourth-order valence-electron chi connectivity index (χ4n) is 3.56. The molecule has 1 aliphatic heterocycles. The van der Waals surface area contributed by atoms with E-state index < -0.39 is 10.0 Å². The molecule has 5 nitrogen and oxygen atoms in total. The molecule has 1 N–H and O–H groups in total. The van der Waals surface area contributed by atoms with Crippen LogP contribution in [0.15, 0.2) is 59.5 Å². The van der Waals surface area contributed by atoms with Gasteiger partial charge in [-0.25, -0.2) is 13.1 Å². The Balaban J connectivity index is 1.48. The van der Waals surface area contributed by atoms with Crippen LogP contribution in [0.2, 0.25) is 0 Å². The minimum absolute atomic E-state index is 0.0830. The minimum Gasteiger partial charge on any atom is -0.339 e. The maximum Gasteiger partial charge on any atom is 0.253 e. The number of sulfonamides is 1. The highest BCUT2D eigenvalue weighted by molar-refractivity contribution is 7.89. The lowest BCUT2D eigenvalue weighted by atomic mass is 10.1. The monoisotopic (exact) mass is 370 g/mol. The lowest BCUT2D eigenvalue weighted by Crippen LogP contribution is -2.29. The fourth-order valence-corrected chi connectivity index (χ4v) is 4.90. The van der Waals surface area contributed by atoms with Crippen molar-refractivity contribution < 1.29 is 13.2 Å². The van der Waals surface area contributed by atoms with E-state index in [4.69, 9.17) is 0 Å². The van der Waals surface area contributed by atoms with Gasteiger partial charge in [-0.05, 0) is 43.0 Å². The first-order valence-corrected chi connectivity index (χ1v) is 10.5. The van der Waals surface area contributed by atoms with Crippen LogP contribution in [0.1, 0.15) is 41.1 Å². The normalized spacial score (nSPS) is 22.4. The molecule has 2 aromatic rings. The van der Waals surface area contributed by atoms with Crippen molar-refractivity contribution in [1.29, 1.82) is 0 Å². The van der Waals surface area contributed by atoms with Gasteiger partial charge in [-0.3, -0.25) is 4.79 Å². The average molecular weight is 370 g/mol. The van der Waals surface area contributed by atoms with Gasteiger partial charge in [-0.1, -0.05) is 36.4 Å². The molecular weight excluding hydrogens is 348 g/mol. The summed E-state index contributed by atoms with van der Waals surface area (Å²) in [5.74, 6) is 0.133. The molecule has 0 spiro atoms. The molecule has 2 fully saturated rings. The Morgan fingerprint density at radius 1 is 1.00 bits per heavy atom. The topological polar surface area (TPSA) is 66.5 Å². The number of likely N-dealkylation sites (tertiary alicyclic amines) is 1. The van der Waals surface area contributed by atoms with Crippen LogP contribution >= 0.6 is 0 Å². The number of carbonyl (C=O) groups is 1. The van der Waals surface area contributed by atoms with Crippen LogP contribution in [0.25, 0.3) is 0 Å². The second-order valence-corrected chi connectivity index (χ2v) is 8.72. The van der Waals surface area contributed by atoms with Gasteiger partial charge < -0.3 is 4.90 Å². The molecule has 2 atom stereocenters. The summed E-state index contributed by atoms with van der Waals surface area (Å²) < 4.78 is 28.2. The first-order chi connectivity index (χ1) is 12.5. The van der Waals surface area contributed by atoms with Gasteiger partial charge in [0, 0.05) is 30.6 Å². The SMILES string of the molecule is O=C(c1cccc(S(=O)(=O)N[C@@H]2C[C@H]2c2ccccc2)c1)N1CCCC1. The third kappa shape index (κ3) is 3.52. The summed E-state index contributed by atoms with van der Waals surface area (Å²) in [6.07, 6.45) is 2.82. The van der Waals surface area contributed by atoms with E-state index in [1.54, 1.807) is 23.1 Å². The molecule has 1 saturated carbocycles. The summed E-state index contributed by atoms with van der Waals surface area (Å²) in [5, 5.41) is 0. The Morgan fingerprint density at radius 3 is 2.46 bits per heavy atom. The highest BCUT2D eigenvalue weighted by Crippen LogP contribution is 2.41. The molecule has 0 radical (unpaired) electrons.